The molecule has 2 rings (SSSR count). The number of nitrogens with two attached hydrogens (primary N) is 1. The van der Waals surface area contributed by atoms with Gasteiger partial charge in [-0.1, -0.05) is 0 Å². The summed E-state index contributed by atoms with van der Waals surface area (Å²) in [5.74, 6) is 0.472. The Hall–Kier alpha value is -1.80. The van der Waals surface area contributed by atoms with E-state index in [-0.39, 0.29) is 4.90 Å². The second-order valence-electron chi connectivity index (χ2n) is 2.73. The molecule has 15 heavy (non-hydrogen) atoms. The van der Waals surface area contributed by atoms with Crippen LogP contribution in [0.15, 0.2) is 35.9 Å². The van der Waals surface area contributed by atoms with Crippen LogP contribution in [-0.4, -0.2) is 28.2 Å². The van der Waals surface area contributed by atoms with Crippen LogP contribution in [-0.2, 0) is 10.0 Å². The number of sulfonamides is 1. The molecule has 0 atom stereocenters. The van der Waals surface area contributed by atoms with Crippen LogP contribution in [0.3, 0.4) is 0 Å². The second kappa shape index (κ2) is 3.41. The zero-order chi connectivity index (χ0) is 10.9. The van der Waals surface area contributed by atoms with Crippen molar-refractivity contribution in [2.75, 3.05) is 0 Å². The summed E-state index contributed by atoms with van der Waals surface area (Å²) in [6, 6.07) is 1.60. The molecule has 0 spiro atoms. The highest BCUT2D eigenvalue weighted by Gasteiger charge is 2.11. The summed E-state index contributed by atoms with van der Waals surface area (Å²) in [5.41, 5.74) is 0. The summed E-state index contributed by atoms with van der Waals surface area (Å²) in [4.78, 5) is 7.57. The maximum atomic E-state index is 11.0. The molecule has 0 fully saturated rings. The topological polar surface area (TPSA) is 104 Å². The fourth-order valence-corrected chi connectivity index (χ4v) is 1.44. The smallest absolute Gasteiger partial charge is 0.241 e. The molecule has 0 saturated heterocycles. The van der Waals surface area contributed by atoms with Gasteiger partial charge in [0.2, 0.25) is 10.0 Å². The normalized spacial score (nSPS) is 11.5. The number of aromatic nitrogens is 4. The van der Waals surface area contributed by atoms with E-state index in [2.05, 4.69) is 15.1 Å². The van der Waals surface area contributed by atoms with E-state index in [4.69, 9.17) is 5.14 Å². The highest BCUT2D eigenvalue weighted by atomic mass is 32.2. The predicted molar refractivity (Wildman–Crippen MR) is 50.5 cm³/mol. The molecule has 2 heterocycles. The van der Waals surface area contributed by atoms with E-state index in [0.29, 0.717) is 5.82 Å². The van der Waals surface area contributed by atoms with Crippen molar-refractivity contribution < 1.29 is 8.42 Å². The van der Waals surface area contributed by atoms with Crippen LogP contribution in [0.4, 0.5) is 0 Å². The van der Waals surface area contributed by atoms with Crippen molar-refractivity contribution in [3.05, 3.63) is 31.0 Å². The van der Waals surface area contributed by atoms with Gasteiger partial charge in [-0.3, -0.25) is 0 Å². The largest absolute Gasteiger partial charge is 0.245 e. The quantitative estimate of drug-likeness (QED) is 0.728. The van der Waals surface area contributed by atoms with Gasteiger partial charge in [0.05, 0.1) is 12.4 Å². The summed E-state index contributed by atoms with van der Waals surface area (Å²) in [6.45, 7) is 0. The molecule has 0 bridgehead atoms. The third-order valence-corrected chi connectivity index (χ3v) is 2.56. The fraction of sp³-hybridized carbons (Fsp3) is 0. The monoisotopic (exact) mass is 225 g/mol. The van der Waals surface area contributed by atoms with E-state index in [1.54, 1.807) is 6.07 Å². The van der Waals surface area contributed by atoms with Gasteiger partial charge in [0.25, 0.3) is 0 Å². The zero-order valence-electron chi connectivity index (χ0n) is 7.48. The third-order valence-electron chi connectivity index (χ3n) is 1.69. The second-order valence-corrected chi connectivity index (χ2v) is 4.29. The Morgan fingerprint density at radius 1 is 1.40 bits per heavy atom. The lowest BCUT2D eigenvalue weighted by Crippen LogP contribution is -2.11. The Balaban J connectivity index is 2.46. The first-order chi connectivity index (χ1) is 7.07. The molecule has 8 heteroatoms. The molecule has 2 N–H and O–H groups in total. The van der Waals surface area contributed by atoms with Gasteiger partial charge in [0.15, 0.2) is 5.82 Å². The number of hydrogen-bond donors (Lipinski definition) is 1. The average Bonchev–Trinajstić information content (AvgIpc) is 2.67. The highest BCUT2D eigenvalue weighted by molar-refractivity contribution is 7.89. The van der Waals surface area contributed by atoms with Gasteiger partial charge in [-0.2, -0.15) is 5.10 Å². The number of nitrogens with zero attached hydrogens (tertiary/aromatic N) is 4. The van der Waals surface area contributed by atoms with Gasteiger partial charge < -0.3 is 0 Å². The van der Waals surface area contributed by atoms with Crippen LogP contribution in [0, 0.1) is 0 Å². The van der Waals surface area contributed by atoms with Crippen molar-refractivity contribution in [1.82, 2.24) is 19.7 Å². The molecule has 0 radical (unpaired) electrons. The Morgan fingerprint density at radius 2 is 2.20 bits per heavy atom. The number of hydrogen-bond acceptors (Lipinski definition) is 5. The first-order valence-corrected chi connectivity index (χ1v) is 5.46. The summed E-state index contributed by atoms with van der Waals surface area (Å²) >= 11 is 0. The van der Waals surface area contributed by atoms with Crippen molar-refractivity contribution in [3.8, 4) is 5.82 Å². The average molecular weight is 225 g/mol. The van der Waals surface area contributed by atoms with Gasteiger partial charge >= 0.3 is 0 Å². The molecule has 0 aliphatic heterocycles. The molecular weight excluding hydrogens is 218 g/mol. The lowest BCUT2D eigenvalue weighted by molar-refractivity contribution is 0.598. The van der Waals surface area contributed by atoms with Crippen molar-refractivity contribution >= 4 is 10.0 Å². The molecule has 0 aromatic carbocycles. The zero-order valence-corrected chi connectivity index (χ0v) is 8.29. The molecule has 2 aromatic rings. The minimum atomic E-state index is -3.72. The van der Waals surface area contributed by atoms with Crippen LogP contribution >= 0.6 is 0 Å². The molecular formula is C7H7N5O2S. The Kier molecular flexibility index (Phi) is 2.21. The van der Waals surface area contributed by atoms with Crippen molar-refractivity contribution in [1.29, 1.82) is 0 Å². The van der Waals surface area contributed by atoms with E-state index in [0.717, 1.165) is 6.20 Å². The predicted octanol–water partition coefficient (Wildman–Crippen LogP) is -0.690. The molecule has 0 unspecified atom stereocenters. The standard InChI is InChI=1S/C7H7N5O2S/c8-15(13,14)6-3-11-12(4-6)7-1-2-9-5-10-7/h1-5H,(H2,8,13,14). The molecule has 0 saturated carbocycles. The van der Waals surface area contributed by atoms with Crippen LogP contribution in [0.25, 0.3) is 5.82 Å². The maximum Gasteiger partial charge on any atom is 0.241 e. The molecule has 2 aromatic heterocycles. The van der Waals surface area contributed by atoms with E-state index in [1.165, 1.54) is 23.4 Å². The number of primary sulfonamides is 1. The van der Waals surface area contributed by atoms with Crippen LogP contribution in [0.5, 0.6) is 0 Å². The SMILES string of the molecule is NS(=O)(=O)c1cnn(-c2ccncn2)c1. The summed E-state index contributed by atoms with van der Waals surface area (Å²) in [7, 11) is -3.72. The molecule has 7 nitrogen and oxygen atoms in total. The van der Waals surface area contributed by atoms with Crippen molar-refractivity contribution in [2.24, 2.45) is 5.14 Å². The van der Waals surface area contributed by atoms with Gasteiger partial charge in [-0.15, -0.1) is 0 Å². The van der Waals surface area contributed by atoms with Gasteiger partial charge in [-0.05, 0) is 0 Å². The van der Waals surface area contributed by atoms with Crippen LogP contribution in [0.1, 0.15) is 0 Å². The Morgan fingerprint density at radius 3 is 2.73 bits per heavy atom. The molecule has 0 aliphatic rings. The van der Waals surface area contributed by atoms with Crippen molar-refractivity contribution in [2.45, 2.75) is 4.90 Å². The van der Waals surface area contributed by atoms with E-state index in [9.17, 15) is 8.42 Å². The van der Waals surface area contributed by atoms with Gasteiger partial charge in [0, 0.05) is 12.3 Å². The summed E-state index contributed by atoms with van der Waals surface area (Å²) < 4.78 is 23.2. The fourth-order valence-electron chi connectivity index (χ4n) is 0.998. The van der Waals surface area contributed by atoms with E-state index >= 15 is 0 Å². The van der Waals surface area contributed by atoms with Gasteiger partial charge in [-0.25, -0.2) is 28.2 Å². The molecule has 0 aliphatic carbocycles. The number of rotatable bonds is 2. The lowest BCUT2D eigenvalue weighted by Gasteiger charge is -1.96. The molecule has 0 amide bonds. The lowest BCUT2D eigenvalue weighted by atomic mass is 10.6. The minimum Gasteiger partial charge on any atom is -0.245 e. The van der Waals surface area contributed by atoms with Gasteiger partial charge in [0.1, 0.15) is 11.2 Å². The van der Waals surface area contributed by atoms with Crippen LogP contribution < -0.4 is 5.14 Å². The Labute approximate surface area is 85.6 Å². The third kappa shape index (κ3) is 2.00. The van der Waals surface area contributed by atoms with E-state index in [1.807, 2.05) is 0 Å². The highest BCUT2D eigenvalue weighted by Crippen LogP contribution is 2.07. The maximum absolute atomic E-state index is 11.0. The van der Waals surface area contributed by atoms with Crippen molar-refractivity contribution in [3.63, 3.8) is 0 Å². The minimum absolute atomic E-state index is 0.0545. The van der Waals surface area contributed by atoms with E-state index < -0.39 is 10.0 Å². The Bertz CT molecular complexity index is 562. The first-order valence-electron chi connectivity index (χ1n) is 3.91. The molecule has 78 valence electrons. The van der Waals surface area contributed by atoms with Crippen LogP contribution in [0.2, 0.25) is 0 Å². The summed E-state index contributed by atoms with van der Waals surface area (Å²) in [5, 5.41) is 8.75. The summed E-state index contributed by atoms with van der Waals surface area (Å²) in [6.07, 6.45) is 5.32. The first kappa shape index (κ1) is 9.74.